The van der Waals surface area contributed by atoms with Gasteiger partial charge in [0.1, 0.15) is 5.65 Å². The highest BCUT2D eigenvalue weighted by Crippen LogP contribution is 2.47. The lowest BCUT2D eigenvalue weighted by molar-refractivity contribution is 0.0624. The number of hydrogen-bond acceptors (Lipinski definition) is 4. The minimum Gasteiger partial charge on any atom is -0.493 e. The third-order valence-electron chi connectivity index (χ3n) is 5.81. The summed E-state index contributed by atoms with van der Waals surface area (Å²) in [6.07, 6.45) is 5.77. The first-order valence-corrected chi connectivity index (χ1v) is 9.34. The van der Waals surface area contributed by atoms with Gasteiger partial charge in [0.05, 0.1) is 24.5 Å². The number of nitrogens with zero attached hydrogens (tertiary/aromatic N) is 3. The van der Waals surface area contributed by atoms with E-state index in [-0.39, 0.29) is 11.4 Å². The number of anilines is 1. The molecule has 0 atom stereocenters. The monoisotopic (exact) mass is 362 g/mol. The molecule has 1 spiro atoms. The van der Waals surface area contributed by atoms with E-state index in [4.69, 9.17) is 4.74 Å². The Hall–Kier alpha value is -3.02. The second kappa shape index (κ2) is 6.01. The molecule has 0 bridgehead atoms. The summed E-state index contributed by atoms with van der Waals surface area (Å²) in [4.78, 5) is 25.1. The molecule has 6 nitrogen and oxygen atoms in total. The van der Waals surface area contributed by atoms with E-state index in [1.165, 1.54) is 0 Å². The molecule has 0 radical (unpaired) electrons. The number of fused-ring (bicyclic) bond motifs is 1. The summed E-state index contributed by atoms with van der Waals surface area (Å²) in [5, 5.41) is 1.06. The Morgan fingerprint density at radius 2 is 2.00 bits per heavy atom. The number of benzene rings is 1. The van der Waals surface area contributed by atoms with Crippen LogP contribution in [0.15, 0.2) is 48.8 Å². The molecule has 1 saturated carbocycles. The number of ether oxygens (including phenoxy) is 1. The number of carbonyl (C=O) groups excluding carboxylic acids is 1. The third kappa shape index (κ3) is 2.55. The highest BCUT2D eigenvalue weighted by Gasteiger charge is 2.53. The van der Waals surface area contributed by atoms with Crippen LogP contribution in [0.1, 0.15) is 23.2 Å². The molecule has 1 aliphatic carbocycles. The molecule has 1 aromatic carbocycles. The van der Waals surface area contributed by atoms with Crippen LogP contribution in [-0.2, 0) is 0 Å². The van der Waals surface area contributed by atoms with Gasteiger partial charge in [-0.3, -0.25) is 4.79 Å². The van der Waals surface area contributed by atoms with Crippen molar-refractivity contribution in [2.24, 2.45) is 0 Å². The third-order valence-corrected chi connectivity index (χ3v) is 5.81. The molecule has 138 valence electrons. The number of aromatic nitrogens is 2. The van der Waals surface area contributed by atoms with Gasteiger partial charge in [-0.15, -0.1) is 0 Å². The van der Waals surface area contributed by atoms with Crippen LogP contribution in [0.3, 0.4) is 0 Å². The number of carbonyl (C=O) groups is 1. The Morgan fingerprint density at radius 3 is 2.74 bits per heavy atom. The van der Waals surface area contributed by atoms with Gasteiger partial charge >= 0.3 is 0 Å². The molecule has 6 heteroatoms. The predicted octanol–water partition coefficient (Wildman–Crippen LogP) is 3.07. The molecule has 27 heavy (non-hydrogen) atoms. The summed E-state index contributed by atoms with van der Waals surface area (Å²) < 4.78 is 5.61. The number of hydrogen-bond donors (Lipinski definition) is 1. The molecule has 2 aliphatic rings. The second-order valence-electron chi connectivity index (χ2n) is 7.38. The average Bonchev–Trinajstić information content (AvgIpc) is 3.29. The predicted molar refractivity (Wildman–Crippen MR) is 104 cm³/mol. The lowest BCUT2D eigenvalue weighted by atomic mass is 10.1. The van der Waals surface area contributed by atoms with Gasteiger partial charge in [0, 0.05) is 36.8 Å². The number of methoxy groups -OCH3 is 1. The van der Waals surface area contributed by atoms with Crippen molar-refractivity contribution in [3.05, 3.63) is 54.4 Å². The van der Waals surface area contributed by atoms with Gasteiger partial charge in [-0.05, 0) is 31.0 Å². The van der Waals surface area contributed by atoms with Gasteiger partial charge in [-0.1, -0.05) is 18.2 Å². The van der Waals surface area contributed by atoms with E-state index in [9.17, 15) is 4.79 Å². The molecule has 1 aliphatic heterocycles. The van der Waals surface area contributed by atoms with Crippen molar-refractivity contribution in [3.8, 4) is 5.75 Å². The van der Waals surface area contributed by atoms with E-state index in [1.807, 2.05) is 42.6 Å². The fraction of sp³-hybridized carbons (Fsp3) is 0.333. The van der Waals surface area contributed by atoms with Crippen LogP contribution in [-0.4, -0.2) is 53.1 Å². The Balaban J connectivity index is 1.47. The Bertz CT molecular complexity index is 994. The fourth-order valence-corrected chi connectivity index (χ4v) is 4.25. The maximum absolute atomic E-state index is 13.1. The topological polar surface area (TPSA) is 61.5 Å². The number of rotatable bonds is 3. The summed E-state index contributed by atoms with van der Waals surface area (Å²) in [5.74, 6) is 0.918. The van der Waals surface area contributed by atoms with Crippen LogP contribution in [0.2, 0.25) is 0 Å². The Labute approximate surface area is 157 Å². The summed E-state index contributed by atoms with van der Waals surface area (Å²) in [7, 11) is 1.68. The smallest absolute Gasteiger partial charge is 0.254 e. The first kappa shape index (κ1) is 16.2. The zero-order chi connectivity index (χ0) is 18.4. The van der Waals surface area contributed by atoms with Crippen LogP contribution in [0.25, 0.3) is 11.0 Å². The number of aromatic amines is 1. The molecule has 1 saturated heterocycles. The number of H-pyrrole nitrogens is 1. The van der Waals surface area contributed by atoms with Gasteiger partial charge in [0.25, 0.3) is 5.91 Å². The van der Waals surface area contributed by atoms with Gasteiger partial charge in [-0.2, -0.15) is 0 Å². The molecule has 3 heterocycles. The van der Waals surface area contributed by atoms with Gasteiger partial charge in [0.2, 0.25) is 0 Å². The van der Waals surface area contributed by atoms with Crippen LogP contribution in [0.4, 0.5) is 5.69 Å². The summed E-state index contributed by atoms with van der Waals surface area (Å²) in [6, 6.07) is 11.6. The molecular formula is C21H22N4O2. The van der Waals surface area contributed by atoms with Crippen LogP contribution in [0, 0.1) is 0 Å². The average molecular weight is 362 g/mol. The highest BCUT2D eigenvalue weighted by atomic mass is 16.5. The largest absolute Gasteiger partial charge is 0.493 e. The van der Waals surface area contributed by atoms with Crippen LogP contribution >= 0.6 is 0 Å². The molecule has 1 N–H and O–H groups in total. The number of piperazine rings is 1. The van der Waals surface area contributed by atoms with Crippen molar-refractivity contribution in [1.82, 2.24) is 14.9 Å². The van der Waals surface area contributed by atoms with E-state index in [0.717, 1.165) is 54.0 Å². The van der Waals surface area contributed by atoms with Crippen molar-refractivity contribution in [3.63, 3.8) is 0 Å². The summed E-state index contributed by atoms with van der Waals surface area (Å²) in [5.41, 5.74) is 2.63. The van der Waals surface area contributed by atoms with E-state index >= 15 is 0 Å². The number of nitrogens with one attached hydrogen (secondary N) is 1. The molecule has 1 amide bonds. The SMILES string of the molecule is COc1cnc2[nH]ccc2c1N1CCN(C(=O)c2ccccc2)C2(CC2)C1. The number of amides is 1. The van der Waals surface area contributed by atoms with Gasteiger partial charge < -0.3 is 19.5 Å². The molecule has 2 aromatic heterocycles. The van der Waals surface area contributed by atoms with Crippen molar-refractivity contribution in [1.29, 1.82) is 0 Å². The molecular weight excluding hydrogens is 340 g/mol. The van der Waals surface area contributed by atoms with E-state index < -0.39 is 0 Å². The second-order valence-corrected chi connectivity index (χ2v) is 7.38. The van der Waals surface area contributed by atoms with E-state index in [2.05, 4.69) is 19.8 Å². The fourth-order valence-electron chi connectivity index (χ4n) is 4.25. The van der Waals surface area contributed by atoms with Crippen LogP contribution in [0.5, 0.6) is 5.75 Å². The van der Waals surface area contributed by atoms with E-state index in [1.54, 1.807) is 13.3 Å². The highest BCUT2D eigenvalue weighted by molar-refractivity contribution is 5.96. The van der Waals surface area contributed by atoms with Crippen molar-refractivity contribution < 1.29 is 9.53 Å². The zero-order valence-corrected chi connectivity index (χ0v) is 15.3. The molecule has 0 unspecified atom stereocenters. The number of pyridine rings is 1. The van der Waals surface area contributed by atoms with Crippen molar-refractivity contribution >= 4 is 22.6 Å². The molecule has 3 aromatic rings. The summed E-state index contributed by atoms with van der Waals surface area (Å²) >= 11 is 0. The minimum atomic E-state index is -0.0674. The first-order valence-electron chi connectivity index (χ1n) is 9.34. The van der Waals surface area contributed by atoms with Gasteiger partial charge in [0.15, 0.2) is 5.75 Å². The normalized spacial score (nSPS) is 18.1. The molecule has 2 fully saturated rings. The van der Waals surface area contributed by atoms with Crippen LogP contribution < -0.4 is 9.64 Å². The van der Waals surface area contributed by atoms with Crippen molar-refractivity contribution in [2.75, 3.05) is 31.6 Å². The summed E-state index contributed by atoms with van der Waals surface area (Å²) in [6.45, 7) is 2.32. The van der Waals surface area contributed by atoms with Gasteiger partial charge in [-0.25, -0.2) is 4.98 Å². The maximum Gasteiger partial charge on any atom is 0.254 e. The lowest BCUT2D eigenvalue weighted by Gasteiger charge is -2.43. The van der Waals surface area contributed by atoms with Crippen molar-refractivity contribution in [2.45, 2.75) is 18.4 Å². The zero-order valence-electron chi connectivity index (χ0n) is 15.3. The Kier molecular flexibility index (Phi) is 3.60. The van der Waals surface area contributed by atoms with E-state index in [0.29, 0.717) is 6.54 Å². The quantitative estimate of drug-likeness (QED) is 0.778. The standard InChI is InChI=1S/C21H22N4O2/c1-27-17-13-23-19-16(7-10-22-19)18(17)24-11-12-25(21(14-24)8-9-21)20(26)15-5-3-2-4-6-15/h2-7,10,13H,8-9,11-12,14H2,1H3,(H,22,23). The Morgan fingerprint density at radius 1 is 1.19 bits per heavy atom. The first-order chi connectivity index (χ1) is 13.2. The lowest BCUT2D eigenvalue weighted by Crippen LogP contribution is -2.57. The maximum atomic E-state index is 13.1. The molecule has 5 rings (SSSR count). The minimum absolute atomic E-state index is 0.0674.